The highest BCUT2D eigenvalue weighted by Crippen LogP contribution is 2.18. The average molecular weight is 491 g/mol. The van der Waals surface area contributed by atoms with Crippen LogP contribution in [0.1, 0.15) is 51.9 Å². The zero-order chi connectivity index (χ0) is 22.2. The van der Waals surface area contributed by atoms with Crippen LogP contribution in [0.2, 0.25) is 0 Å². The predicted octanol–water partition coefficient (Wildman–Crippen LogP) is 3.48. The number of nitrogens with zero attached hydrogens (tertiary/aromatic N) is 3. The minimum atomic E-state index is -0.155. The molecule has 1 saturated heterocycles. The summed E-state index contributed by atoms with van der Waals surface area (Å²) in [5.74, 6) is -0.123. The summed E-state index contributed by atoms with van der Waals surface area (Å²) >= 11 is 3.38. The third-order valence-corrected chi connectivity index (χ3v) is 6.32. The second-order valence-corrected chi connectivity index (χ2v) is 9.10. The van der Waals surface area contributed by atoms with E-state index in [2.05, 4.69) is 33.2 Å². The fourth-order valence-corrected chi connectivity index (χ4v) is 4.35. The molecule has 0 radical (unpaired) electrons. The number of piperidine rings is 1. The zero-order valence-electron chi connectivity index (χ0n) is 18.1. The SMILES string of the molecule is CCCCCCNC(=O)[C@H]1CCCN(C(=O)CCn2cnc3ccc(Br)cc3c2=O)C1. The van der Waals surface area contributed by atoms with E-state index in [4.69, 9.17) is 0 Å². The van der Waals surface area contributed by atoms with Gasteiger partial charge < -0.3 is 10.2 Å². The van der Waals surface area contributed by atoms with Crippen molar-refractivity contribution in [2.24, 2.45) is 5.92 Å². The second-order valence-electron chi connectivity index (χ2n) is 8.19. The third-order valence-electron chi connectivity index (χ3n) is 5.83. The van der Waals surface area contributed by atoms with Crippen LogP contribution in [0.25, 0.3) is 10.9 Å². The molecule has 0 unspecified atom stereocenters. The second kappa shape index (κ2) is 11.4. The summed E-state index contributed by atoms with van der Waals surface area (Å²) in [5, 5.41) is 3.55. The molecule has 31 heavy (non-hydrogen) atoms. The van der Waals surface area contributed by atoms with Crippen molar-refractivity contribution >= 4 is 38.6 Å². The molecular formula is C23H31BrN4O3. The van der Waals surface area contributed by atoms with Gasteiger partial charge in [0.25, 0.3) is 5.56 Å². The minimum Gasteiger partial charge on any atom is -0.356 e. The van der Waals surface area contributed by atoms with Crippen LogP contribution in [-0.4, -0.2) is 45.9 Å². The van der Waals surface area contributed by atoms with Gasteiger partial charge in [0, 0.05) is 37.1 Å². The molecule has 2 heterocycles. The van der Waals surface area contributed by atoms with Gasteiger partial charge in [-0.25, -0.2) is 4.98 Å². The molecule has 168 valence electrons. The highest BCUT2D eigenvalue weighted by molar-refractivity contribution is 9.10. The van der Waals surface area contributed by atoms with Gasteiger partial charge in [-0.3, -0.25) is 19.0 Å². The number of fused-ring (bicyclic) bond motifs is 1. The lowest BCUT2D eigenvalue weighted by atomic mass is 9.96. The van der Waals surface area contributed by atoms with Gasteiger partial charge in [0.15, 0.2) is 0 Å². The normalized spacial score (nSPS) is 16.5. The van der Waals surface area contributed by atoms with Crippen molar-refractivity contribution in [3.05, 3.63) is 39.4 Å². The van der Waals surface area contributed by atoms with E-state index in [1.807, 2.05) is 6.07 Å². The standard InChI is InChI=1S/C23H31BrN4O3/c1-2-3-4-5-11-25-22(30)17-7-6-12-27(15-17)21(29)10-13-28-16-26-20-9-8-18(24)14-19(20)23(28)31/h8-9,14,16-17H,2-7,10-13,15H2,1H3,(H,25,30)/t17-/m0/s1. The van der Waals surface area contributed by atoms with Crippen LogP contribution in [0.4, 0.5) is 0 Å². The number of halogens is 1. The van der Waals surface area contributed by atoms with E-state index in [1.54, 1.807) is 17.0 Å². The van der Waals surface area contributed by atoms with E-state index in [0.717, 1.165) is 30.2 Å². The Morgan fingerprint density at radius 1 is 1.26 bits per heavy atom. The average Bonchev–Trinajstić information content (AvgIpc) is 2.78. The van der Waals surface area contributed by atoms with Crippen LogP contribution in [0.15, 0.2) is 33.8 Å². The monoisotopic (exact) mass is 490 g/mol. The maximum atomic E-state index is 12.8. The highest BCUT2D eigenvalue weighted by atomic mass is 79.9. The van der Waals surface area contributed by atoms with E-state index in [9.17, 15) is 14.4 Å². The van der Waals surface area contributed by atoms with Crippen LogP contribution in [0.5, 0.6) is 0 Å². The number of aryl methyl sites for hydroxylation is 1. The summed E-state index contributed by atoms with van der Waals surface area (Å²) in [6, 6.07) is 5.38. The Morgan fingerprint density at radius 3 is 2.90 bits per heavy atom. The van der Waals surface area contributed by atoms with Crippen molar-refractivity contribution in [1.29, 1.82) is 0 Å². The molecule has 1 N–H and O–H groups in total. The molecule has 1 aliphatic rings. The molecule has 1 aromatic heterocycles. The number of likely N-dealkylation sites (tertiary alicyclic amines) is 1. The summed E-state index contributed by atoms with van der Waals surface area (Å²) in [6.07, 6.45) is 7.84. The van der Waals surface area contributed by atoms with Crippen molar-refractivity contribution in [2.45, 2.75) is 58.4 Å². The van der Waals surface area contributed by atoms with Crippen LogP contribution in [0, 0.1) is 5.92 Å². The van der Waals surface area contributed by atoms with Crippen molar-refractivity contribution < 1.29 is 9.59 Å². The maximum Gasteiger partial charge on any atom is 0.261 e. The van der Waals surface area contributed by atoms with E-state index < -0.39 is 0 Å². The first-order valence-corrected chi connectivity index (χ1v) is 12.0. The van der Waals surface area contributed by atoms with Gasteiger partial charge >= 0.3 is 0 Å². The molecule has 1 atom stereocenters. The molecule has 0 spiro atoms. The molecule has 1 aromatic carbocycles. The number of aromatic nitrogens is 2. The lowest BCUT2D eigenvalue weighted by Crippen LogP contribution is -2.45. The topological polar surface area (TPSA) is 84.3 Å². The molecule has 3 rings (SSSR count). The number of carbonyl (C=O) groups excluding carboxylic acids is 2. The van der Waals surface area contributed by atoms with Gasteiger partial charge in [-0.15, -0.1) is 0 Å². The summed E-state index contributed by atoms with van der Waals surface area (Å²) in [5.41, 5.74) is 0.480. The zero-order valence-corrected chi connectivity index (χ0v) is 19.7. The fourth-order valence-electron chi connectivity index (χ4n) is 3.99. The van der Waals surface area contributed by atoms with E-state index >= 15 is 0 Å². The van der Waals surface area contributed by atoms with Crippen molar-refractivity contribution in [2.75, 3.05) is 19.6 Å². The largest absolute Gasteiger partial charge is 0.356 e. The Bertz CT molecular complexity index is 975. The van der Waals surface area contributed by atoms with E-state index in [0.29, 0.717) is 30.5 Å². The first-order valence-electron chi connectivity index (χ1n) is 11.2. The van der Waals surface area contributed by atoms with Gasteiger partial charge in [0.05, 0.1) is 23.1 Å². The van der Waals surface area contributed by atoms with Crippen LogP contribution in [-0.2, 0) is 16.1 Å². The van der Waals surface area contributed by atoms with Crippen molar-refractivity contribution in [3.8, 4) is 0 Å². The molecule has 1 aliphatic heterocycles. The predicted molar refractivity (Wildman–Crippen MR) is 125 cm³/mol. The first-order chi connectivity index (χ1) is 15.0. The van der Waals surface area contributed by atoms with Crippen LogP contribution < -0.4 is 10.9 Å². The molecule has 0 saturated carbocycles. The highest BCUT2D eigenvalue weighted by Gasteiger charge is 2.28. The number of amides is 2. The van der Waals surface area contributed by atoms with Crippen molar-refractivity contribution in [3.63, 3.8) is 0 Å². The van der Waals surface area contributed by atoms with Gasteiger partial charge in [-0.2, -0.15) is 0 Å². The Kier molecular flexibility index (Phi) is 8.63. The molecule has 0 bridgehead atoms. The van der Waals surface area contributed by atoms with Crippen molar-refractivity contribution in [1.82, 2.24) is 19.8 Å². The maximum absolute atomic E-state index is 12.8. The number of hydrogen-bond donors (Lipinski definition) is 1. The fraction of sp³-hybridized carbons (Fsp3) is 0.565. The van der Waals surface area contributed by atoms with Gasteiger partial charge in [-0.05, 0) is 37.5 Å². The molecule has 2 aromatic rings. The number of nitrogens with one attached hydrogen (secondary N) is 1. The molecule has 7 nitrogen and oxygen atoms in total. The summed E-state index contributed by atoms with van der Waals surface area (Å²) in [7, 11) is 0. The third kappa shape index (κ3) is 6.38. The molecular weight excluding hydrogens is 460 g/mol. The van der Waals surface area contributed by atoms with Gasteiger partial charge in [-0.1, -0.05) is 42.1 Å². The molecule has 8 heteroatoms. The molecule has 2 amide bonds. The Balaban J connectivity index is 1.52. The number of unbranched alkanes of at least 4 members (excludes halogenated alkanes) is 3. The summed E-state index contributed by atoms with van der Waals surface area (Å²) in [6.45, 7) is 4.27. The molecule has 0 aliphatic carbocycles. The Labute approximate surface area is 191 Å². The minimum absolute atomic E-state index is 0.0262. The van der Waals surface area contributed by atoms with E-state index in [-0.39, 0.29) is 36.3 Å². The van der Waals surface area contributed by atoms with Crippen LogP contribution >= 0.6 is 15.9 Å². The van der Waals surface area contributed by atoms with Gasteiger partial charge in [0.2, 0.25) is 11.8 Å². The Morgan fingerprint density at radius 2 is 2.10 bits per heavy atom. The quantitative estimate of drug-likeness (QED) is 0.545. The Hall–Kier alpha value is -2.22. The number of carbonyl (C=O) groups is 2. The van der Waals surface area contributed by atoms with Crippen LogP contribution in [0.3, 0.4) is 0 Å². The van der Waals surface area contributed by atoms with E-state index in [1.165, 1.54) is 23.7 Å². The number of hydrogen-bond acceptors (Lipinski definition) is 4. The smallest absolute Gasteiger partial charge is 0.261 e. The number of benzene rings is 1. The summed E-state index contributed by atoms with van der Waals surface area (Å²) < 4.78 is 2.30. The van der Waals surface area contributed by atoms with Gasteiger partial charge in [0.1, 0.15) is 0 Å². The molecule has 1 fully saturated rings. The summed E-state index contributed by atoms with van der Waals surface area (Å²) in [4.78, 5) is 44.0. The number of rotatable bonds is 9. The lowest BCUT2D eigenvalue weighted by Gasteiger charge is -2.32. The lowest BCUT2D eigenvalue weighted by molar-refractivity contribution is -0.135. The first kappa shape index (κ1) is 23.4.